The Morgan fingerprint density at radius 2 is 0.575 bits per heavy atom. The van der Waals surface area contributed by atoms with Gasteiger partial charge in [0.15, 0.2) is 0 Å². The summed E-state index contributed by atoms with van der Waals surface area (Å²) in [5.74, 6) is 0. The average Bonchev–Trinajstić information content (AvgIpc) is 2.90. The van der Waals surface area contributed by atoms with Crippen LogP contribution in [0.3, 0.4) is 0 Å². The molecule has 8 nitrogen and oxygen atoms in total. The Labute approximate surface area is 267 Å². The first-order valence-electron chi connectivity index (χ1n) is 10.9. The monoisotopic (exact) mass is 946 g/mol. The second kappa shape index (κ2) is 20.5. The Bertz CT molecular complexity index is 1050. The van der Waals surface area contributed by atoms with Crippen molar-refractivity contribution in [1.82, 2.24) is 0 Å². The summed E-state index contributed by atoms with van der Waals surface area (Å²) >= 11 is 0. The molecule has 0 amide bonds. The Kier molecular flexibility index (Phi) is 20.4. The van der Waals surface area contributed by atoms with Gasteiger partial charge in [0, 0.05) is 21.2 Å². The van der Waals surface area contributed by atoms with Gasteiger partial charge in [-0.2, -0.15) is 41.2 Å². The summed E-state index contributed by atoms with van der Waals surface area (Å²) in [6.45, 7) is 17.2. The third kappa shape index (κ3) is 14.8. The van der Waals surface area contributed by atoms with Gasteiger partial charge in [-0.1, -0.05) is 72.8 Å². The van der Waals surface area contributed by atoms with Crippen molar-refractivity contribution >= 4 is 35.7 Å². The molecule has 0 heterocycles. The molecule has 0 saturated carbocycles. The van der Waals surface area contributed by atoms with Crippen LogP contribution in [-0.2, 0) is 44.8 Å². The number of nitrogens with zero attached hydrogens (tertiary/aromatic N) is 2. The van der Waals surface area contributed by atoms with E-state index in [1.165, 1.54) is 21.2 Å². The normalized spacial score (nSPS) is 9.70. The van der Waals surface area contributed by atoms with Crippen molar-refractivity contribution in [2.75, 3.05) is 0 Å². The zero-order chi connectivity index (χ0) is 28.6. The van der Waals surface area contributed by atoms with Crippen molar-refractivity contribution in [3.05, 3.63) is 168 Å². The molecule has 0 aliphatic rings. The maximum absolute atomic E-state index is 8.36. The molecule has 40 heavy (non-hydrogen) atoms. The van der Waals surface area contributed by atoms with Crippen molar-refractivity contribution < 1.29 is 65.3 Å². The van der Waals surface area contributed by atoms with Crippen LogP contribution >= 0.6 is 14.5 Å². The van der Waals surface area contributed by atoms with Crippen LogP contribution in [0.25, 0.3) is 0 Å². The second-order valence-corrected chi connectivity index (χ2v) is 13.7. The molecule has 12 heteroatoms. The molecule has 0 unspecified atom stereocenters. The number of hydrogen-bond donors (Lipinski definition) is 2. The number of hydrogen-bond acceptors (Lipinski definition) is 4. The molecule has 220 valence electrons. The summed E-state index contributed by atoms with van der Waals surface area (Å²) in [5.41, 5.74) is 0. The van der Waals surface area contributed by atoms with Crippen molar-refractivity contribution in [2.45, 2.75) is 0 Å². The molecule has 0 radical (unpaired) electrons. The van der Waals surface area contributed by atoms with E-state index in [0.717, 1.165) is 0 Å². The molecule has 0 saturated heterocycles. The van der Waals surface area contributed by atoms with E-state index in [1.54, 1.807) is 0 Å². The van der Waals surface area contributed by atoms with Gasteiger partial charge in [-0.25, -0.2) is 0 Å². The molecule has 0 aliphatic carbocycles. The van der Waals surface area contributed by atoms with Gasteiger partial charge in [-0.3, -0.25) is 0 Å². The Morgan fingerprint density at radius 3 is 0.700 bits per heavy atom. The maximum atomic E-state index is 8.36. The van der Waals surface area contributed by atoms with E-state index in [9.17, 15) is 0 Å². The van der Waals surface area contributed by atoms with Crippen molar-refractivity contribution in [2.24, 2.45) is 0 Å². The fourth-order valence-electron chi connectivity index (χ4n) is 3.15. The van der Waals surface area contributed by atoms with E-state index in [2.05, 4.69) is 75.2 Å². The zero-order valence-electron chi connectivity index (χ0n) is 21.3. The molecular formula is C28H30Au2N2O6P2. The maximum Gasteiger partial charge on any atom is 1.00 e. The molecule has 0 bridgehead atoms. The van der Waals surface area contributed by atoms with E-state index in [1.807, 2.05) is 72.8 Å². The predicted molar refractivity (Wildman–Crippen MR) is 157 cm³/mol. The van der Waals surface area contributed by atoms with Gasteiger partial charge in [-0.05, 0) is 48.5 Å². The van der Waals surface area contributed by atoms with Crippen LogP contribution in [0.5, 0.6) is 0 Å². The van der Waals surface area contributed by atoms with E-state index >= 15 is 0 Å². The van der Waals surface area contributed by atoms with Gasteiger partial charge < -0.3 is 10.4 Å². The largest absolute Gasteiger partial charge is 1.00 e. The summed E-state index contributed by atoms with van der Waals surface area (Å²) in [6, 6.07) is 41.3. The molecule has 0 fully saturated rings. The zero-order valence-corrected chi connectivity index (χ0v) is 27.4. The van der Waals surface area contributed by atoms with Crippen LogP contribution in [0, 0.1) is 46.9 Å². The molecule has 0 aliphatic heterocycles. The van der Waals surface area contributed by atoms with Crippen LogP contribution in [0.4, 0.5) is 0 Å². The van der Waals surface area contributed by atoms with Crippen LogP contribution in [0.2, 0.25) is 0 Å². The summed E-state index contributed by atoms with van der Waals surface area (Å²) in [4.78, 5) is 16.7. The Balaban J connectivity index is 0. The summed E-state index contributed by atoms with van der Waals surface area (Å²) in [5, 5.41) is 32.3. The molecule has 0 aromatic heterocycles. The Morgan fingerprint density at radius 1 is 0.450 bits per heavy atom. The third-order valence-electron chi connectivity index (χ3n) is 5.00. The minimum absolute atomic E-state index is 0. The average molecular weight is 946 g/mol. The van der Waals surface area contributed by atoms with Gasteiger partial charge in [0.2, 0.25) is 0 Å². The fraction of sp³-hybridized carbons (Fsp3) is 0. The molecule has 0 atom stereocenters. The van der Waals surface area contributed by atoms with Gasteiger partial charge in [0.05, 0.1) is 0 Å². The van der Waals surface area contributed by atoms with Gasteiger partial charge >= 0.3 is 44.8 Å². The minimum Gasteiger partial charge on any atom is -0.328 e. The second-order valence-electron chi connectivity index (χ2n) is 7.75. The van der Waals surface area contributed by atoms with E-state index in [0.29, 0.717) is 0 Å². The fourth-order valence-corrected chi connectivity index (χ4v) is 6.72. The van der Waals surface area contributed by atoms with Gasteiger partial charge in [0.25, 0.3) is 10.2 Å². The van der Waals surface area contributed by atoms with Gasteiger partial charge in [-0.15, -0.1) is 20.2 Å². The van der Waals surface area contributed by atoms with Gasteiger partial charge in [0.1, 0.15) is 0 Å². The van der Waals surface area contributed by atoms with Crippen molar-refractivity contribution in [1.29, 1.82) is 0 Å². The topological polar surface area (TPSA) is 127 Å². The summed E-state index contributed by atoms with van der Waals surface area (Å²) in [7, 11) is -3.29. The van der Waals surface area contributed by atoms with Crippen molar-refractivity contribution in [3.63, 3.8) is 0 Å². The van der Waals surface area contributed by atoms with Crippen LogP contribution in [0.15, 0.2) is 121 Å². The first-order chi connectivity index (χ1) is 17.9. The molecule has 4 aromatic carbocycles. The molecular weight excluding hydrogens is 916 g/mol. The van der Waals surface area contributed by atoms with E-state index < -0.39 is 24.7 Å². The summed E-state index contributed by atoms with van der Waals surface area (Å²) < 4.78 is 0. The quantitative estimate of drug-likeness (QED) is 0.0880. The first kappa shape index (κ1) is 39.8. The molecule has 4 aromatic rings. The van der Waals surface area contributed by atoms with Crippen LogP contribution in [-0.4, -0.2) is 20.6 Å². The van der Waals surface area contributed by atoms with Crippen molar-refractivity contribution in [3.8, 4) is 0 Å². The smallest absolute Gasteiger partial charge is 0.328 e. The minimum atomic E-state index is -1.65. The molecule has 4 rings (SSSR count). The first-order valence-corrected chi connectivity index (χ1v) is 15.3. The van der Waals surface area contributed by atoms with E-state index in [4.69, 9.17) is 30.6 Å². The van der Waals surface area contributed by atoms with Crippen LogP contribution < -0.4 is 21.2 Å². The standard InChI is InChI=1S/2C14H14P.2Au.2HNO3/c2*1-15(2,13-9-5-3-6-10-13)14-11-7-4-8-12-14;;;2*2-1(3)4/h2*3-12H,1-2H2;;;2*(H,2,3,4)/q2*-1;2*+1;;. The van der Waals surface area contributed by atoms with Crippen LogP contribution in [0.1, 0.15) is 0 Å². The molecule has 2 N–H and O–H groups in total. The SMILES string of the molecule is O=[N+]([O-])O.O=[N+]([O-])O.[Au+].[Au+].[CH2-][P+]([CH2-])(c1ccccc1)c1ccccc1.[CH2-][P+]([CH2-])(c1ccccc1)c1ccccc1. The summed E-state index contributed by atoms with van der Waals surface area (Å²) in [6.07, 6.45) is 0. The Hall–Kier alpha value is -2.38. The van der Waals surface area contributed by atoms with E-state index in [-0.39, 0.29) is 44.8 Å². The number of benzene rings is 4. The molecule has 0 spiro atoms. The third-order valence-corrected chi connectivity index (χ3v) is 10.1. The predicted octanol–water partition coefficient (Wildman–Crippen LogP) is 5.78. The number of rotatable bonds is 4.